The van der Waals surface area contributed by atoms with Gasteiger partial charge < -0.3 is 14.1 Å². The smallest absolute Gasteiger partial charge is 0.175 e. The van der Waals surface area contributed by atoms with Crippen LogP contribution in [0.2, 0.25) is 0 Å². The molecule has 34 heavy (non-hydrogen) atoms. The quantitative estimate of drug-likeness (QED) is 0.376. The molecule has 0 spiro atoms. The highest BCUT2D eigenvalue weighted by Crippen LogP contribution is 2.41. The van der Waals surface area contributed by atoms with Crippen molar-refractivity contribution in [3.63, 3.8) is 0 Å². The number of ether oxygens (including phenoxy) is 1. The summed E-state index contributed by atoms with van der Waals surface area (Å²) in [5, 5.41) is 2.05. The fraction of sp³-hybridized carbons (Fsp3) is 0.393. The van der Waals surface area contributed by atoms with E-state index >= 15 is 0 Å². The minimum atomic E-state index is -0.194. The maximum absolute atomic E-state index is 14.2. The van der Waals surface area contributed by atoms with E-state index < -0.39 is 0 Å². The van der Waals surface area contributed by atoms with Gasteiger partial charge in [0, 0.05) is 54.8 Å². The molecule has 0 bridgehead atoms. The first-order chi connectivity index (χ1) is 16.7. The first-order valence-electron chi connectivity index (χ1n) is 12.3. The molecule has 2 aromatic heterocycles. The zero-order valence-corrected chi connectivity index (χ0v) is 19.5. The number of methoxy groups -OCH3 is 1. The number of para-hydroxylation sites is 1. The van der Waals surface area contributed by atoms with Crippen molar-refractivity contribution in [2.45, 2.75) is 37.6 Å². The highest BCUT2D eigenvalue weighted by Gasteiger charge is 2.31. The van der Waals surface area contributed by atoms with Gasteiger partial charge >= 0.3 is 0 Å². The summed E-state index contributed by atoms with van der Waals surface area (Å²) in [5.74, 6) is 1.15. The molecule has 0 unspecified atom stereocenters. The van der Waals surface area contributed by atoms with Crippen LogP contribution in [0.25, 0.3) is 21.9 Å². The van der Waals surface area contributed by atoms with Gasteiger partial charge in [-0.15, -0.1) is 0 Å². The lowest BCUT2D eigenvalue weighted by atomic mass is 9.81. The number of hydrogen-bond acceptors (Lipinski definition) is 5. The molecule has 6 rings (SSSR count). The van der Waals surface area contributed by atoms with Crippen molar-refractivity contribution in [1.29, 1.82) is 0 Å². The first-order valence-corrected chi connectivity index (χ1v) is 12.3. The summed E-state index contributed by atoms with van der Waals surface area (Å²) in [6.45, 7) is 3.82. The average Bonchev–Trinajstić information content (AvgIpc) is 3.33. The number of pyridine rings is 1. The van der Waals surface area contributed by atoms with E-state index in [1.165, 1.54) is 36.6 Å². The van der Waals surface area contributed by atoms with Crippen molar-refractivity contribution in [2.24, 2.45) is 0 Å². The number of rotatable bonds is 4. The van der Waals surface area contributed by atoms with E-state index in [0.717, 1.165) is 54.1 Å². The molecule has 2 aromatic carbocycles. The van der Waals surface area contributed by atoms with Crippen molar-refractivity contribution in [3.05, 3.63) is 66.3 Å². The number of benzene rings is 2. The van der Waals surface area contributed by atoms with E-state index in [1.807, 2.05) is 30.5 Å². The first kappa shape index (κ1) is 21.4. The van der Waals surface area contributed by atoms with E-state index in [4.69, 9.17) is 9.15 Å². The number of fused-ring (bicyclic) bond motifs is 2. The second kappa shape index (κ2) is 8.91. The second-order valence-corrected chi connectivity index (χ2v) is 9.56. The van der Waals surface area contributed by atoms with Crippen LogP contribution in [-0.4, -0.2) is 49.2 Å². The summed E-state index contributed by atoms with van der Waals surface area (Å²) in [7, 11) is 1.69. The van der Waals surface area contributed by atoms with Gasteiger partial charge in [0.2, 0.25) is 0 Å². The van der Waals surface area contributed by atoms with Crippen LogP contribution >= 0.6 is 0 Å². The maximum atomic E-state index is 14.2. The fourth-order valence-corrected chi connectivity index (χ4v) is 5.99. The molecule has 2 aliphatic rings. The van der Waals surface area contributed by atoms with Crippen LogP contribution in [0.15, 0.2) is 59.3 Å². The van der Waals surface area contributed by atoms with Gasteiger partial charge in [0.05, 0.1) is 24.6 Å². The third kappa shape index (κ3) is 3.80. The molecule has 1 aliphatic carbocycles. The number of nitrogens with zero attached hydrogens (tertiary/aromatic N) is 3. The SMILES string of the molecule is COc1cccc2c1occ2[C@H]1CC[C@H](N2CCN(c3cc(F)cc4cccnc34)CC2)CC1. The number of furan rings is 1. The molecule has 0 atom stereocenters. The lowest BCUT2D eigenvalue weighted by Crippen LogP contribution is -2.51. The molecular weight excluding hydrogens is 429 g/mol. The summed E-state index contributed by atoms with van der Waals surface area (Å²) < 4.78 is 25.6. The number of hydrogen-bond donors (Lipinski definition) is 0. The molecule has 5 nitrogen and oxygen atoms in total. The van der Waals surface area contributed by atoms with E-state index in [1.54, 1.807) is 25.4 Å². The highest BCUT2D eigenvalue weighted by atomic mass is 19.1. The van der Waals surface area contributed by atoms with Crippen LogP contribution in [0, 0.1) is 5.82 Å². The normalized spacial score (nSPS) is 21.9. The summed E-state index contributed by atoms with van der Waals surface area (Å²) in [5.41, 5.74) is 3.99. The van der Waals surface area contributed by atoms with Gasteiger partial charge in [-0.25, -0.2) is 4.39 Å². The Morgan fingerprint density at radius 2 is 1.82 bits per heavy atom. The molecule has 3 heterocycles. The van der Waals surface area contributed by atoms with Gasteiger partial charge in [-0.3, -0.25) is 9.88 Å². The van der Waals surface area contributed by atoms with Crippen molar-refractivity contribution in [1.82, 2.24) is 9.88 Å². The van der Waals surface area contributed by atoms with E-state index in [2.05, 4.69) is 20.9 Å². The van der Waals surface area contributed by atoms with Crippen molar-refractivity contribution in [3.8, 4) is 5.75 Å². The Balaban J connectivity index is 1.10. The molecule has 1 saturated carbocycles. The Labute approximate surface area is 199 Å². The Kier molecular flexibility index (Phi) is 5.61. The van der Waals surface area contributed by atoms with Crippen LogP contribution in [0.4, 0.5) is 10.1 Å². The number of piperazine rings is 1. The summed E-state index contributed by atoms with van der Waals surface area (Å²) in [6, 6.07) is 13.8. The minimum Gasteiger partial charge on any atom is -0.493 e. The van der Waals surface area contributed by atoms with Crippen LogP contribution in [0.5, 0.6) is 5.75 Å². The summed E-state index contributed by atoms with van der Waals surface area (Å²) in [4.78, 5) is 9.47. The summed E-state index contributed by atoms with van der Waals surface area (Å²) >= 11 is 0. The monoisotopic (exact) mass is 459 g/mol. The zero-order chi connectivity index (χ0) is 23.1. The van der Waals surface area contributed by atoms with Gasteiger partial charge in [-0.1, -0.05) is 18.2 Å². The van der Waals surface area contributed by atoms with E-state index in [-0.39, 0.29) is 5.82 Å². The minimum absolute atomic E-state index is 0.194. The second-order valence-electron chi connectivity index (χ2n) is 9.56. The van der Waals surface area contributed by atoms with Crippen LogP contribution in [0.3, 0.4) is 0 Å². The number of halogens is 1. The predicted molar refractivity (Wildman–Crippen MR) is 133 cm³/mol. The van der Waals surface area contributed by atoms with E-state index in [9.17, 15) is 4.39 Å². The molecule has 0 radical (unpaired) electrons. The Morgan fingerprint density at radius 3 is 2.62 bits per heavy atom. The predicted octanol–water partition coefficient (Wildman–Crippen LogP) is 5.98. The standard InChI is InChI=1S/C28H30FN3O2/c1-33-26-6-2-5-23-24(18-34-28(23)26)19-7-9-22(10-8-19)31-12-14-32(15-13-31)25-17-21(29)16-20-4-3-11-30-27(20)25/h2-6,11,16-19,22H,7-10,12-15H2,1H3/t19-,22-. The van der Waals surface area contributed by atoms with Crippen molar-refractivity contribution < 1.29 is 13.5 Å². The third-order valence-electron chi connectivity index (χ3n) is 7.77. The van der Waals surface area contributed by atoms with Gasteiger partial charge in [0.15, 0.2) is 11.3 Å². The Morgan fingerprint density at radius 1 is 1.00 bits per heavy atom. The Bertz CT molecular complexity index is 1300. The molecule has 4 aromatic rings. The van der Waals surface area contributed by atoms with Gasteiger partial charge in [0.1, 0.15) is 5.82 Å². The summed E-state index contributed by atoms with van der Waals surface area (Å²) in [6.07, 6.45) is 8.48. The van der Waals surface area contributed by atoms with Crippen molar-refractivity contribution >= 4 is 27.6 Å². The average molecular weight is 460 g/mol. The number of aromatic nitrogens is 1. The maximum Gasteiger partial charge on any atom is 0.175 e. The largest absolute Gasteiger partial charge is 0.493 e. The highest BCUT2D eigenvalue weighted by molar-refractivity contribution is 5.91. The third-order valence-corrected chi connectivity index (χ3v) is 7.77. The van der Waals surface area contributed by atoms with E-state index in [0.29, 0.717) is 12.0 Å². The zero-order valence-electron chi connectivity index (χ0n) is 19.5. The van der Waals surface area contributed by atoms with Gasteiger partial charge in [-0.2, -0.15) is 0 Å². The van der Waals surface area contributed by atoms with Crippen LogP contribution in [0.1, 0.15) is 37.2 Å². The molecule has 2 fully saturated rings. The molecule has 0 N–H and O–H groups in total. The van der Waals surface area contributed by atoms with Crippen molar-refractivity contribution in [2.75, 3.05) is 38.2 Å². The topological polar surface area (TPSA) is 41.7 Å². The fourth-order valence-electron chi connectivity index (χ4n) is 5.99. The molecule has 1 aliphatic heterocycles. The molecule has 1 saturated heterocycles. The molecule has 176 valence electrons. The lowest BCUT2D eigenvalue weighted by Gasteiger charge is -2.42. The number of anilines is 1. The molecule has 0 amide bonds. The van der Waals surface area contributed by atoms with Crippen LogP contribution in [-0.2, 0) is 0 Å². The van der Waals surface area contributed by atoms with Gasteiger partial charge in [0.25, 0.3) is 0 Å². The molecule has 6 heteroatoms. The van der Waals surface area contributed by atoms with Gasteiger partial charge in [-0.05, 0) is 55.9 Å². The Hall–Kier alpha value is -3.12. The van der Waals surface area contributed by atoms with Crippen LogP contribution < -0.4 is 9.64 Å². The molecular formula is C28H30FN3O2. The lowest BCUT2D eigenvalue weighted by molar-refractivity contribution is 0.141.